The monoisotopic (exact) mass is 239 g/mol. The van der Waals surface area contributed by atoms with E-state index in [-0.39, 0.29) is 11.2 Å². The molecule has 0 aliphatic heterocycles. The Bertz CT molecular complexity index is 196. The molecule has 0 spiro atoms. The van der Waals surface area contributed by atoms with Crippen LogP contribution < -0.4 is 5.73 Å². The SMILES string of the molecule is CCCC[SH](C(=S)S)C(C)C(N)=O. The molecule has 0 rings (SSSR count). The van der Waals surface area contributed by atoms with Crippen molar-refractivity contribution in [3.05, 3.63) is 0 Å². The lowest BCUT2D eigenvalue weighted by Crippen LogP contribution is -2.27. The minimum Gasteiger partial charge on any atom is -0.369 e. The van der Waals surface area contributed by atoms with Crippen molar-refractivity contribution in [1.82, 2.24) is 0 Å². The molecule has 2 unspecified atom stereocenters. The summed E-state index contributed by atoms with van der Waals surface area (Å²) >= 11 is 9.16. The summed E-state index contributed by atoms with van der Waals surface area (Å²) in [5, 5.41) is -0.133. The molecule has 0 aromatic heterocycles. The third-order valence-electron chi connectivity index (χ3n) is 1.88. The van der Waals surface area contributed by atoms with Gasteiger partial charge in [-0.15, -0.1) is 12.6 Å². The summed E-state index contributed by atoms with van der Waals surface area (Å²) in [6, 6.07) is 0. The third kappa shape index (κ3) is 4.88. The molecule has 1 amide bonds. The molecule has 0 radical (unpaired) electrons. The largest absolute Gasteiger partial charge is 0.369 e. The van der Waals surface area contributed by atoms with E-state index in [0.29, 0.717) is 3.53 Å². The lowest BCUT2D eigenvalue weighted by atomic mass is 10.4. The number of thiol groups is 2. The van der Waals surface area contributed by atoms with Crippen LogP contribution in [0.1, 0.15) is 26.7 Å². The number of amides is 1. The van der Waals surface area contributed by atoms with Crippen LogP contribution in [-0.4, -0.2) is 20.4 Å². The van der Waals surface area contributed by atoms with E-state index in [0.717, 1.165) is 18.6 Å². The van der Waals surface area contributed by atoms with Crippen LogP contribution in [0, 0.1) is 0 Å². The molecule has 2 atom stereocenters. The highest BCUT2D eigenvalue weighted by atomic mass is 32.3. The molecule has 2 N–H and O–H groups in total. The Morgan fingerprint density at radius 3 is 2.54 bits per heavy atom. The van der Waals surface area contributed by atoms with Crippen LogP contribution >= 0.6 is 35.7 Å². The second kappa shape index (κ2) is 6.68. The number of rotatable bonds is 5. The van der Waals surface area contributed by atoms with Crippen molar-refractivity contribution in [2.24, 2.45) is 5.73 Å². The molecule has 0 saturated carbocycles. The Morgan fingerprint density at radius 2 is 2.23 bits per heavy atom. The van der Waals surface area contributed by atoms with E-state index in [1.807, 2.05) is 6.92 Å². The summed E-state index contributed by atoms with van der Waals surface area (Å²) in [6.45, 7) is 3.95. The van der Waals surface area contributed by atoms with E-state index in [4.69, 9.17) is 18.0 Å². The fraction of sp³-hybridized carbons (Fsp3) is 0.750. The highest BCUT2D eigenvalue weighted by Gasteiger charge is 2.19. The van der Waals surface area contributed by atoms with Crippen molar-refractivity contribution in [3.63, 3.8) is 0 Å². The van der Waals surface area contributed by atoms with E-state index >= 15 is 0 Å². The summed E-state index contributed by atoms with van der Waals surface area (Å²) in [5.74, 6) is 0.705. The number of hydrogen-bond donors (Lipinski definition) is 3. The van der Waals surface area contributed by atoms with Crippen LogP contribution in [0.4, 0.5) is 0 Å². The molecule has 0 heterocycles. The van der Waals surface area contributed by atoms with Crippen molar-refractivity contribution in [1.29, 1.82) is 0 Å². The van der Waals surface area contributed by atoms with Gasteiger partial charge in [0.25, 0.3) is 0 Å². The highest BCUT2D eigenvalue weighted by molar-refractivity contribution is 8.50. The normalized spacial score (nSPS) is 16.4. The zero-order valence-corrected chi connectivity index (χ0v) is 10.6. The Kier molecular flexibility index (Phi) is 6.81. The first-order valence-electron chi connectivity index (χ1n) is 4.29. The molecule has 2 nitrogen and oxygen atoms in total. The lowest BCUT2D eigenvalue weighted by Gasteiger charge is -2.24. The first-order chi connectivity index (χ1) is 6.00. The van der Waals surface area contributed by atoms with Gasteiger partial charge < -0.3 is 5.73 Å². The molecule has 0 aliphatic carbocycles. The fourth-order valence-corrected chi connectivity index (χ4v) is 4.38. The molecule has 0 fully saturated rings. The number of carbonyl (C=O) groups is 1. The number of unbranched alkanes of at least 4 members (excludes halogenated alkanes) is 1. The van der Waals surface area contributed by atoms with E-state index in [2.05, 4.69) is 19.6 Å². The summed E-state index contributed by atoms with van der Waals surface area (Å²) in [7, 11) is -0.605. The Hall–Kier alpha value is 0.260. The van der Waals surface area contributed by atoms with Gasteiger partial charge in [-0.2, -0.15) is 0 Å². The average molecular weight is 239 g/mol. The summed E-state index contributed by atoms with van der Waals surface area (Å²) in [6.07, 6.45) is 2.20. The standard InChI is InChI=1S/C8H17NOS3/c1-3-4-5-13(8(11)12)6(2)7(9)10/h6,13H,3-5H2,1-2H3,(H2,9,10)(H,11,12). The van der Waals surface area contributed by atoms with Crippen LogP contribution in [0.3, 0.4) is 0 Å². The van der Waals surface area contributed by atoms with Crippen molar-refractivity contribution in [2.75, 3.05) is 5.75 Å². The highest BCUT2D eigenvalue weighted by Crippen LogP contribution is 2.35. The first-order valence-corrected chi connectivity index (χ1v) is 6.74. The fourth-order valence-electron chi connectivity index (χ4n) is 0.937. The maximum absolute atomic E-state index is 11.0. The first kappa shape index (κ1) is 13.3. The van der Waals surface area contributed by atoms with Gasteiger partial charge in [0.1, 0.15) is 0 Å². The lowest BCUT2D eigenvalue weighted by molar-refractivity contribution is -0.117. The minimum atomic E-state index is -0.605. The molecule has 0 aliphatic rings. The molecular formula is C8H17NOS3. The summed E-state index contributed by atoms with van der Waals surface area (Å²) in [5.41, 5.74) is 5.23. The van der Waals surface area contributed by atoms with Crippen LogP contribution in [0.2, 0.25) is 0 Å². The number of primary amides is 1. The second-order valence-corrected chi connectivity index (χ2v) is 7.33. The quantitative estimate of drug-likeness (QED) is 0.506. The molecule has 0 aromatic rings. The Labute approximate surface area is 93.4 Å². The average Bonchev–Trinajstić information content (AvgIpc) is 2.04. The van der Waals surface area contributed by atoms with E-state index < -0.39 is 10.9 Å². The molecule has 0 saturated heterocycles. The molecular weight excluding hydrogens is 222 g/mol. The van der Waals surface area contributed by atoms with Crippen molar-refractivity contribution in [2.45, 2.75) is 31.9 Å². The van der Waals surface area contributed by atoms with Crippen molar-refractivity contribution in [3.8, 4) is 0 Å². The predicted octanol–water partition coefficient (Wildman–Crippen LogP) is 1.88. The van der Waals surface area contributed by atoms with Gasteiger partial charge >= 0.3 is 0 Å². The van der Waals surface area contributed by atoms with Crippen molar-refractivity contribution >= 4 is 45.2 Å². The van der Waals surface area contributed by atoms with Gasteiger partial charge in [-0.1, -0.05) is 25.6 Å². The summed E-state index contributed by atoms with van der Waals surface area (Å²) in [4.78, 5) is 11.0. The molecule has 5 heteroatoms. The predicted molar refractivity (Wildman–Crippen MR) is 69.0 cm³/mol. The number of hydrogen-bond acceptors (Lipinski definition) is 2. The number of carbonyl (C=O) groups excluding carboxylic acids is 1. The van der Waals surface area contributed by atoms with Crippen molar-refractivity contribution < 1.29 is 4.79 Å². The van der Waals surface area contributed by atoms with Gasteiger partial charge in [-0.05, 0) is 19.1 Å². The summed E-state index contributed by atoms with van der Waals surface area (Å²) < 4.78 is 0.662. The van der Waals surface area contributed by atoms with Gasteiger partial charge in [0.2, 0.25) is 5.91 Å². The number of nitrogens with two attached hydrogens (primary N) is 1. The smallest absolute Gasteiger partial charge is 0.228 e. The van der Waals surface area contributed by atoms with Gasteiger partial charge in [-0.3, -0.25) is 4.79 Å². The van der Waals surface area contributed by atoms with Gasteiger partial charge in [-0.25, -0.2) is 10.9 Å². The van der Waals surface area contributed by atoms with Gasteiger partial charge in [0, 0.05) is 0 Å². The second-order valence-electron chi connectivity index (χ2n) is 2.91. The minimum absolute atomic E-state index is 0.133. The van der Waals surface area contributed by atoms with Crippen LogP contribution in [0.15, 0.2) is 0 Å². The molecule has 13 heavy (non-hydrogen) atoms. The topological polar surface area (TPSA) is 43.1 Å². The zero-order valence-electron chi connectivity index (χ0n) is 7.99. The van der Waals surface area contributed by atoms with Gasteiger partial charge in [0.15, 0.2) is 0 Å². The Morgan fingerprint density at radius 1 is 1.69 bits per heavy atom. The van der Waals surface area contributed by atoms with Crippen LogP contribution in [-0.2, 0) is 4.79 Å². The maximum Gasteiger partial charge on any atom is 0.228 e. The zero-order chi connectivity index (χ0) is 10.4. The third-order valence-corrected chi connectivity index (χ3v) is 5.83. The Balaban J connectivity index is 4.24. The van der Waals surface area contributed by atoms with Crippen LogP contribution in [0.5, 0.6) is 0 Å². The maximum atomic E-state index is 11.0. The van der Waals surface area contributed by atoms with Crippen LogP contribution in [0.25, 0.3) is 0 Å². The molecule has 78 valence electrons. The number of thiocarbonyl (C=S) groups is 1. The molecule has 0 aromatic carbocycles. The van der Waals surface area contributed by atoms with E-state index in [9.17, 15) is 4.79 Å². The van der Waals surface area contributed by atoms with Gasteiger partial charge in [0.05, 0.1) is 8.78 Å². The van der Waals surface area contributed by atoms with E-state index in [1.165, 1.54) is 0 Å². The van der Waals surface area contributed by atoms with E-state index in [1.54, 1.807) is 0 Å². The molecule has 0 bridgehead atoms.